The smallest absolute Gasteiger partial charge is 0.0332 e. The van der Waals surface area contributed by atoms with Gasteiger partial charge in [-0.3, -0.25) is 19.6 Å². The molecule has 4 nitrogen and oxygen atoms in total. The average Bonchev–Trinajstić information content (AvgIpc) is 2.52. The highest BCUT2D eigenvalue weighted by Gasteiger charge is 2.50. The number of piperazine rings is 2. The lowest BCUT2D eigenvalue weighted by Gasteiger charge is -2.61. The molecule has 2 heterocycles. The van der Waals surface area contributed by atoms with Crippen molar-refractivity contribution in [2.75, 3.05) is 26.2 Å². The lowest BCUT2D eigenvalue weighted by atomic mass is 9.77. The highest BCUT2D eigenvalue weighted by atomic mass is 15.4. The number of nitrogens with zero attached hydrogens (tertiary/aromatic N) is 4. The van der Waals surface area contributed by atoms with Gasteiger partial charge in [0.2, 0.25) is 0 Å². The normalized spacial score (nSPS) is 33.2. The molecule has 28 heavy (non-hydrogen) atoms. The van der Waals surface area contributed by atoms with Gasteiger partial charge in [-0.1, -0.05) is 0 Å². The second-order valence-corrected chi connectivity index (χ2v) is 11.4. The molecule has 2 aliphatic rings. The minimum absolute atomic E-state index is 0.123. The van der Waals surface area contributed by atoms with E-state index < -0.39 is 0 Å². The van der Waals surface area contributed by atoms with Crippen LogP contribution >= 0.6 is 0 Å². The van der Waals surface area contributed by atoms with E-state index in [9.17, 15) is 0 Å². The number of hydrogen-bond acceptors (Lipinski definition) is 4. The lowest BCUT2D eigenvalue weighted by Crippen LogP contribution is -2.73. The van der Waals surface area contributed by atoms with Crippen molar-refractivity contribution in [2.24, 2.45) is 0 Å². The quantitative estimate of drug-likeness (QED) is 0.694. The summed E-state index contributed by atoms with van der Waals surface area (Å²) in [4.78, 5) is 11.0. The second-order valence-electron chi connectivity index (χ2n) is 11.4. The molecule has 0 bridgehead atoms. The summed E-state index contributed by atoms with van der Waals surface area (Å²) in [6.07, 6.45) is 0. The SMILES string of the molecule is CC(C)N1[C@H](C)CN(C(C)(C)C(C)(C)N2C[C@H](C)N(C(C)C)[C@@H](C)C2)C[C@H]1C. The lowest BCUT2D eigenvalue weighted by molar-refractivity contribution is -0.110. The molecular weight excluding hydrogens is 344 g/mol. The van der Waals surface area contributed by atoms with Crippen molar-refractivity contribution in [3.8, 4) is 0 Å². The Morgan fingerprint density at radius 2 is 0.750 bits per heavy atom. The molecule has 0 amide bonds. The van der Waals surface area contributed by atoms with Crippen LogP contribution in [0.3, 0.4) is 0 Å². The third kappa shape index (κ3) is 4.31. The number of hydrogen-bond donors (Lipinski definition) is 0. The van der Waals surface area contributed by atoms with Crippen LogP contribution in [0.5, 0.6) is 0 Å². The maximum absolute atomic E-state index is 2.78. The van der Waals surface area contributed by atoms with Crippen molar-refractivity contribution in [3.05, 3.63) is 0 Å². The van der Waals surface area contributed by atoms with Crippen molar-refractivity contribution in [3.63, 3.8) is 0 Å². The Morgan fingerprint density at radius 3 is 0.929 bits per heavy atom. The van der Waals surface area contributed by atoms with Crippen molar-refractivity contribution in [2.45, 2.75) is 130 Å². The van der Waals surface area contributed by atoms with E-state index in [1.807, 2.05) is 0 Å². The summed E-state index contributed by atoms with van der Waals surface area (Å²) >= 11 is 0. The molecule has 4 heteroatoms. The summed E-state index contributed by atoms with van der Waals surface area (Å²) in [7, 11) is 0. The highest BCUT2D eigenvalue weighted by Crippen LogP contribution is 2.38. The van der Waals surface area contributed by atoms with Crippen LogP contribution < -0.4 is 0 Å². The topological polar surface area (TPSA) is 13.0 Å². The van der Waals surface area contributed by atoms with E-state index in [1.54, 1.807) is 0 Å². The first-order valence-corrected chi connectivity index (χ1v) is 11.8. The minimum atomic E-state index is 0.123. The van der Waals surface area contributed by atoms with Crippen LogP contribution in [-0.2, 0) is 0 Å². The van der Waals surface area contributed by atoms with Gasteiger partial charge in [-0.05, 0) is 83.1 Å². The molecule has 166 valence electrons. The van der Waals surface area contributed by atoms with Crippen LogP contribution in [0.1, 0.15) is 83.1 Å². The molecule has 0 radical (unpaired) electrons. The van der Waals surface area contributed by atoms with Gasteiger partial charge in [-0.15, -0.1) is 0 Å². The van der Waals surface area contributed by atoms with Gasteiger partial charge in [0.1, 0.15) is 0 Å². The first kappa shape index (κ1) is 24.1. The van der Waals surface area contributed by atoms with Crippen LogP contribution in [-0.4, -0.2) is 93.1 Å². The van der Waals surface area contributed by atoms with Crippen LogP contribution in [0.4, 0.5) is 0 Å². The summed E-state index contributed by atoms with van der Waals surface area (Å²) < 4.78 is 0. The Balaban J connectivity index is 2.20. The molecule has 2 saturated heterocycles. The molecule has 2 aliphatic heterocycles. The monoisotopic (exact) mass is 394 g/mol. The van der Waals surface area contributed by atoms with Crippen LogP contribution in [0.2, 0.25) is 0 Å². The Bertz CT molecular complexity index is 443. The fourth-order valence-electron chi connectivity index (χ4n) is 6.39. The summed E-state index contributed by atoms with van der Waals surface area (Å²) in [6, 6.07) is 3.66. The standard InChI is InChI=1S/C24H50N4/c1-17(2)27-19(5)13-25(14-20(27)6)23(9,10)24(11,12)26-15-21(7)28(18(3)4)22(8)16-26/h17-22H,13-16H2,1-12H3/t19-,20-,21+,22+. The number of rotatable bonds is 5. The maximum atomic E-state index is 2.78. The van der Waals surface area contributed by atoms with Crippen molar-refractivity contribution in [1.29, 1.82) is 0 Å². The van der Waals surface area contributed by atoms with E-state index >= 15 is 0 Å². The Kier molecular flexibility index (Phi) is 7.34. The molecule has 0 spiro atoms. The summed E-state index contributed by atoms with van der Waals surface area (Å²) in [5, 5.41) is 0. The molecule has 0 aromatic heterocycles. The Hall–Kier alpha value is -0.160. The van der Waals surface area contributed by atoms with Crippen molar-refractivity contribution < 1.29 is 0 Å². The first-order chi connectivity index (χ1) is 12.7. The largest absolute Gasteiger partial charge is 0.293 e. The highest BCUT2D eigenvalue weighted by molar-refractivity contribution is 5.07. The van der Waals surface area contributed by atoms with Gasteiger partial charge in [0.15, 0.2) is 0 Å². The summed E-state index contributed by atoms with van der Waals surface area (Å²) in [6.45, 7) is 33.6. The van der Waals surface area contributed by atoms with Crippen LogP contribution in [0.15, 0.2) is 0 Å². The van der Waals surface area contributed by atoms with E-state index in [0.717, 1.165) is 26.2 Å². The zero-order valence-corrected chi connectivity index (χ0v) is 21.1. The molecule has 0 saturated carbocycles. The zero-order valence-electron chi connectivity index (χ0n) is 21.1. The van der Waals surface area contributed by atoms with Gasteiger partial charge in [-0.2, -0.15) is 0 Å². The summed E-state index contributed by atoms with van der Waals surface area (Å²) in [5.74, 6) is 0. The maximum Gasteiger partial charge on any atom is 0.0332 e. The first-order valence-electron chi connectivity index (χ1n) is 11.8. The van der Waals surface area contributed by atoms with Gasteiger partial charge in [0, 0.05) is 73.5 Å². The van der Waals surface area contributed by atoms with Crippen LogP contribution in [0.25, 0.3) is 0 Å². The predicted molar refractivity (Wildman–Crippen MR) is 123 cm³/mol. The molecule has 2 rings (SSSR count). The molecule has 4 atom stereocenters. The van der Waals surface area contributed by atoms with E-state index in [1.165, 1.54) is 0 Å². The third-order valence-corrected chi connectivity index (χ3v) is 8.25. The van der Waals surface area contributed by atoms with E-state index in [4.69, 9.17) is 0 Å². The molecule has 0 unspecified atom stereocenters. The third-order valence-electron chi connectivity index (χ3n) is 8.25. The molecule has 0 aromatic carbocycles. The average molecular weight is 395 g/mol. The molecular formula is C24H50N4. The second kappa shape index (κ2) is 8.53. The zero-order chi connectivity index (χ0) is 21.6. The van der Waals surface area contributed by atoms with Crippen molar-refractivity contribution >= 4 is 0 Å². The van der Waals surface area contributed by atoms with E-state index in [0.29, 0.717) is 36.3 Å². The molecule has 0 N–H and O–H groups in total. The predicted octanol–water partition coefficient (Wildman–Crippen LogP) is 4.15. The van der Waals surface area contributed by atoms with Gasteiger partial charge >= 0.3 is 0 Å². The van der Waals surface area contributed by atoms with E-state index in [-0.39, 0.29) is 11.1 Å². The van der Waals surface area contributed by atoms with Gasteiger partial charge in [-0.25, -0.2) is 0 Å². The fourth-order valence-corrected chi connectivity index (χ4v) is 6.39. The van der Waals surface area contributed by atoms with Crippen molar-refractivity contribution in [1.82, 2.24) is 19.6 Å². The minimum Gasteiger partial charge on any atom is -0.293 e. The fraction of sp³-hybridized carbons (Fsp3) is 1.00. The van der Waals surface area contributed by atoms with Gasteiger partial charge < -0.3 is 0 Å². The van der Waals surface area contributed by atoms with Crippen LogP contribution in [0, 0.1) is 0 Å². The van der Waals surface area contributed by atoms with Gasteiger partial charge in [0.05, 0.1) is 0 Å². The van der Waals surface area contributed by atoms with E-state index in [2.05, 4.69) is 103 Å². The molecule has 2 fully saturated rings. The Labute approximate surface area is 176 Å². The Morgan fingerprint density at radius 1 is 0.536 bits per heavy atom. The van der Waals surface area contributed by atoms with Gasteiger partial charge in [0.25, 0.3) is 0 Å². The summed E-state index contributed by atoms with van der Waals surface area (Å²) in [5.41, 5.74) is 0.246. The molecule has 0 aliphatic carbocycles. The molecule has 0 aromatic rings.